The van der Waals surface area contributed by atoms with E-state index in [0.717, 1.165) is 0 Å². The molecule has 1 unspecified atom stereocenters. The summed E-state index contributed by atoms with van der Waals surface area (Å²) in [6.45, 7) is 0. The zero-order valence-corrected chi connectivity index (χ0v) is 21.6. The van der Waals surface area contributed by atoms with E-state index in [9.17, 15) is 0 Å². The van der Waals surface area contributed by atoms with Crippen LogP contribution in [0.15, 0.2) is 139 Å². The van der Waals surface area contributed by atoms with Crippen LogP contribution in [0, 0.1) is 0 Å². The molecule has 4 heteroatoms. The fourth-order valence-corrected chi connectivity index (χ4v) is 21.4. The summed E-state index contributed by atoms with van der Waals surface area (Å²) in [7, 11) is 0.690. The number of halogens is 2. The zero-order valence-electron chi connectivity index (χ0n) is 17.5. The maximum atomic E-state index is 2.41. The third kappa shape index (κ3) is 3.43. The predicted octanol–water partition coefficient (Wildman–Crippen LogP) is -1.66. The molecule has 0 aliphatic carbocycles. The molecule has 159 valence electrons. The van der Waals surface area contributed by atoms with Crippen molar-refractivity contribution in [2.75, 3.05) is 0 Å². The Labute approximate surface area is 205 Å². The Morgan fingerprint density at radius 1 is 0.375 bits per heavy atom. The molecule has 1 atom stereocenters. The summed E-state index contributed by atoms with van der Waals surface area (Å²) in [4.78, 5) is 0. The quantitative estimate of drug-likeness (QED) is 0.249. The van der Waals surface area contributed by atoms with Gasteiger partial charge in [0.25, 0.3) is 0 Å². The second-order valence-corrected chi connectivity index (χ2v) is 18.1. The molecule has 0 saturated carbocycles. The van der Waals surface area contributed by atoms with Crippen molar-refractivity contribution in [2.45, 2.75) is 0 Å². The van der Waals surface area contributed by atoms with Crippen molar-refractivity contribution in [3.8, 4) is 0 Å². The average Bonchev–Trinajstić information content (AvgIpc) is 3.39. The monoisotopic (exact) mass is 509 g/mol. The van der Waals surface area contributed by atoms with Gasteiger partial charge in [-0.2, -0.15) is 0 Å². The maximum absolute atomic E-state index is 4.15. The van der Waals surface area contributed by atoms with Crippen LogP contribution in [0.25, 0.3) is 0 Å². The topological polar surface area (TPSA) is 0 Å². The van der Waals surface area contributed by atoms with Crippen LogP contribution in [0.4, 0.5) is 0 Å². The van der Waals surface area contributed by atoms with Crippen molar-refractivity contribution in [1.82, 2.24) is 0 Å². The molecule has 0 radical (unpaired) electrons. The van der Waals surface area contributed by atoms with Gasteiger partial charge < -0.3 is 24.8 Å². The van der Waals surface area contributed by atoms with Crippen LogP contribution >= 0.6 is 8.19 Å². The van der Waals surface area contributed by atoms with Crippen molar-refractivity contribution < 1.29 is 40.1 Å². The SMILES string of the molecule is [Cl-].[Cl-].c1cc[c]([Ti+2]([c]2ccccc2)([c]2ccccc2)([c]2ccccc2)[c]2ccc[pH]2)cc1. The Bertz CT molecular complexity index is 1060. The molecule has 4 aromatic carbocycles. The van der Waals surface area contributed by atoms with E-state index in [1.165, 1.54) is 15.5 Å². The first kappa shape index (κ1) is 24.6. The van der Waals surface area contributed by atoms with Gasteiger partial charge in [0, 0.05) is 0 Å². The second-order valence-electron chi connectivity index (χ2n) is 7.80. The van der Waals surface area contributed by atoms with Crippen LogP contribution in [-0.2, 0) is 15.3 Å². The Balaban J connectivity index is 0.00000144. The number of hydrogen-bond acceptors (Lipinski definition) is 0. The van der Waals surface area contributed by atoms with Crippen LogP contribution in [0.5, 0.6) is 0 Å². The van der Waals surface area contributed by atoms with Crippen molar-refractivity contribution in [3.63, 3.8) is 0 Å². The van der Waals surface area contributed by atoms with Gasteiger partial charge in [0.05, 0.1) is 0 Å². The summed E-state index contributed by atoms with van der Waals surface area (Å²) in [6, 6.07) is 49.8. The normalized spacial score (nSPS) is 11.4. The first-order valence-electron chi connectivity index (χ1n) is 10.4. The molecule has 0 nitrogen and oxygen atoms in total. The molecule has 32 heavy (non-hydrogen) atoms. The van der Waals surface area contributed by atoms with Crippen LogP contribution in [0.2, 0.25) is 0 Å². The Kier molecular flexibility index (Phi) is 7.89. The van der Waals surface area contributed by atoms with Gasteiger partial charge in [-0.1, -0.05) is 0 Å². The molecule has 5 rings (SSSR count). The first-order chi connectivity index (χ1) is 14.9. The number of hydrogen-bond donors (Lipinski definition) is 0. The molecular weight excluding hydrogens is 486 g/mol. The number of benzene rings is 4. The van der Waals surface area contributed by atoms with E-state index in [0.29, 0.717) is 8.19 Å². The molecule has 0 aliphatic heterocycles. The average molecular weight is 510 g/mol. The van der Waals surface area contributed by atoms with Crippen molar-refractivity contribution in [2.24, 2.45) is 0 Å². The van der Waals surface area contributed by atoms with Crippen LogP contribution in [0.3, 0.4) is 0 Å². The summed E-state index contributed by atoms with van der Waals surface area (Å²) in [5, 5.41) is 0. The van der Waals surface area contributed by atoms with Gasteiger partial charge >= 0.3 is 182 Å². The van der Waals surface area contributed by atoms with Crippen molar-refractivity contribution >= 4 is 27.3 Å². The molecule has 5 aromatic rings. The van der Waals surface area contributed by atoms with Gasteiger partial charge in [-0.05, 0) is 0 Å². The van der Waals surface area contributed by atoms with E-state index in [1.807, 2.05) is 0 Å². The van der Waals surface area contributed by atoms with E-state index < -0.39 is 15.3 Å². The predicted molar refractivity (Wildman–Crippen MR) is 130 cm³/mol. The minimum atomic E-state index is -4.15. The third-order valence-electron chi connectivity index (χ3n) is 6.54. The van der Waals surface area contributed by atoms with Gasteiger partial charge in [0.1, 0.15) is 0 Å². The molecule has 0 N–H and O–H groups in total. The number of rotatable bonds is 5. The summed E-state index contributed by atoms with van der Waals surface area (Å²) < 4.78 is 7.42. The second kappa shape index (κ2) is 10.3. The molecule has 0 spiro atoms. The molecule has 0 bridgehead atoms. The fourth-order valence-electron chi connectivity index (χ4n) is 5.35. The minimum absolute atomic E-state index is 0. The zero-order chi connectivity index (χ0) is 20.3. The fraction of sp³-hybridized carbons (Fsp3) is 0. The molecule has 1 heterocycles. The molecule has 0 saturated heterocycles. The van der Waals surface area contributed by atoms with Crippen LogP contribution in [0.1, 0.15) is 0 Å². The molecule has 0 fully saturated rings. The van der Waals surface area contributed by atoms with Crippen molar-refractivity contribution in [3.05, 3.63) is 139 Å². The summed E-state index contributed by atoms with van der Waals surface area (Å²) in [5.74, 6) is 2.34. The Hall–Kier alpha value is -2.05. The van der Waals surface area contributed by atoms with Gasteiger partial charge in [-0.3, -0.25) is 0 Å². The van der Waals surface area contributed by atoms with Gasteiger partial charge in [0.15, 0.2) is 0 Å². The van der Waals surface area contributed by atoms with E-state index in [-0.39, 0.29) is 24.8 Å². The van der Waals surface area contributed by atoms with Crippen molar-refractivity contribution in [1.29, 1.82) is 0 Å². The standard InChI is InChI=1S/4C6H5.C4H4P.2ClH.Ti/c4*1-2-4-6-5-3-1;1-2-4-5-3-1;;;/h4*1-5H;1-3,5H;2*1H;/q;;;;;;;+2/p-2. The van der Waals surface area contributed by atoms with Gasteiger partial charge in [-0.15, -0.1) is 0 Å². The van der Waals surface area contributed by atoms with E-state index >= 15 is 0 Å². The molecule has 1 aromatic heterocycles. The summed E-state index contributed by atoms with van der Waals surface area (Å²) in [5.41, 5.74) is 0. The first-order valence-corrected chi connectivity index (χ1v) is 15.4. The van der Waals surface area contributed by atoms with Gasteiger partial charge in [-0.25, -0.2) is 0 Å². The van der Waals surface area contributed by atoms with Gasteiger partial charge in [0.2, 0.25) is 0 Å². The molecular formula is C28H24Cl2PTi. The Morgan fingerprint density at radius 3 is 0.938 bits per heavy atom. The summed E-state index contributed by atoms with van der Waals surface area (Å²) in [6.07, 6.45) is 0. The third-order valence-corrected chi connectivity index (χ3v) is 21.4. The van der Waals surface area contributed by atoms with Crippen LogP contribution < -0.4 is 43.9 Å². The molecule has 0 aliphatic rings. The summed E-state index contributed by atoms with van der Waals surface area (Å²) >= 11 is -4.15. The van der Waals surface area contributed by atoms with E-state index in [1.54, 1.807) is 3.60 Å². The van der Waals surface area contributed by atoms with Crippen LogP contribution in [-0.4, -0.2) is 0 Å². The molecule has 0 amide bonds. The Morgan fingerprint density at radius 2 is 0.688 bits per heavy atom. The van der Waals surface area contributed by atoms with E-state index in [4.69, 9.17) is 0 Å². The van der Waals surface area contributed by atoms with E-state index in [2.05, 4.69) is 139 Å².